The molecule has 0 spiro atoms. The van der Waals surface area contributed by atoms with Gasteiger partial charge in [0.15, 0.2) is 0 Å². The highest BCUT2D eigenvalue weighted by atomic mass is 35.5. The van der Waals surface area contributed by atoms with Crippen LogP contribution in [0.3, 0.4) is 0 Å². The monoisotopic (exact) mass is 290 g/mol. The van der Waals surface area contributed by atoms with Crippen molar-refractivity contribution in [2.75, 3.05) is 17.7 Å². The van der Waals surface area contributed by atoms with Gasteiger partial charge in [0.05, 0.1) is 12.3 Å². The van der Waals surface area contributed by atoms with E-state index in [2.05, 4.69) is 12.2 Å². The van der Waals surface area contributed by atoms with Crippen LogP contribution in [0, 0.1) is 0 Å². The Labute approximate surface area is 124 Å². The standard InChI is InChI=1S/C16H19ClN2O/c1-2-9-20-16-8-7-13(17)10-15(16)19-11-12-5-3-4-6-14(12)18/h3-8,10,19H,2,9,11,18H2,1H3. The Balaban J connectivity index is 2.11. The Morgan fingerprint density at radius 2 is 2.00 bits per heavy atom. The molecule has 0 saturated heterocycles. The van der Waals surface area contributed by atoms with Gasteiger partial charge in [-0.25, -0.2) is 0 Å². The highest BCUT2D eigenvalue weighted by Crippen LogP contribution is 2.29. The molecular formula is C16H19ClN2O. The van der Waals surface area contributed by atoms with E-state index in [0.717, 1.165) is 29.1 Å². The fourth-order valence-electron chi connectivity index (χ4n) is 1.86. The van der Waals surface area contributed by atoms with E-state index >= 15 is 0 Å². The maximum Gasteiger partial charge on any atom is 0.142 e. The number of nitrogens with two attached hydrogens (primary N) is 1. The van der Waals surface area contributed by atoms with Crippen LogP contribution in [0.4, 0.5) is 11.4 Å². The third-order valence-electron chi connectivity index (χ3n) is 2.93. The molecule has 0 heterocycles. The number of nitrogens with one attached hydrogen (secondary N) is 1. The summed E-state index contributed by atoms with van der Waals surface area (Å²) >= 11 is 6.04. The van der Waals surface area contributed by atoms with E-state index in [1.165, 1.54) is 0 Å². The molecule has 4 heteroatoms. The van der Waals surface area contributed by atoms with Crippen LogP contribution in [0.1, 0.15) is 18.9 Å². The Bertz CT molecular complexity index is 572. The summed E-state index contributed by atoms with van der Waals surface area (Å²) in [4.78, 5) is 0. The van der Waals surface area contributed by atoms with Crippen molar-refractivity contribution in [3.63, 3.8) is 0 Å². The van der Waals surface area contributed by atoms with Gasteiger partial charge in [-0.3, -0.25) is 0 Å². The summed E-state index contributed by atoms with van der Waals surface area (Å²) in [5.74, 6) is 0.811. The van der Waals surface area contributed by atoms with Gasteiger partial charge < -0.3 is 15.8 Å². The Kier molecular flexibility index (Phi) is 5.13. The molecule has 0 aromatic heterocycles. The number of halogens is 1. The van der Waals surface area contributed by atoms with Crippen LogP contribution in [-0.4, -0.2) is 6.61 Å². The van der Waals surface area contributed by atoms with Crippen LogP contribution in [0.2, 0.25) is 5.02 Å². The molecule has 0 atom stereocenters. The molecule has 3 N–H and O–H groups in total. The average molecular weight is 291 g/mol. The fourth-order valence-corrected chi connectivity index (χ4v) is 2.04. The summed E-state index contributed by atoms with van der Waals surface area (Å²) in [6.07, 6.45) is 0.966. The van der Waals surface area contributed by atoms with Gasteiger partial charge in [0.2, 0.25) is 0 Å². The SMILES string of the molecule is CCCOc1ccc(Cl)cc1NCc1ccccc1N. The van der Waals surface area contributed by atoms with Gasteiger partial charge in [-0.2, -0.15) is 0 Å². The molecule has 2 rings (SSSR count). The molecule has 106 valence electrons. The predicted molar refractivity (Wildman–Crippen MR) is 85.4 cm³/mol. The minimum absolute atomic E-state index is 0.634. The van der Waals surface area contributed by atoms with Crippen LogP contribution in [0.5, 0.6) is 5.75 Å². The lowest BCUT2D eigenvalue weighted by Gasteiger charge is -2.14. The smallest absolute Gasteiger partial charge is 0.142 e. The van der Waals surface area contributed by atoms with Gasteiger partial charge >= 0.3 is 0 Å². The summed E-state index contributed by atoms with van der Waals surface area (Å²) in [5.41, 5.74) is 8.64. The lowest BCUT2D eigenvalue weighted by Crippen LogP contribution is -2.05. The molecule has 0 aliphatic rings. The molecule has 2 aromatic rings. The van der Waals surface area contributed by atoms with E-state index in [4.69, 9.17) is 22.1 Å². The minimum Gasteiger partial charge on any atom is -0.491 e. The third-order valence-corrected chi connectivity index (χ3v) is 3.16. The number of hydrogen-bond donors (Lipinski definition) is 2. The lowest BCUT2D eigenvalue weighted by molar-refractivity contribution is 0.319. The van der Waals surface area contributed by atoms with Crippen molar-refractivity contribution in [2.45, 2.75) is 19.9 Å². The van der Waals surface area contributed by atoms with Crippen LogP contribution in [0.25, 0.3) is 0 Å². The van der Waals surface area contributed by atoms with E-state index in [9.17, 15) is 0 Å². The van der Waals surface area contributed by atoms with Gasteiger partial charge in [-0.05, 0) is 36.2 Å². The highest BCUT2D eigenvalue weighted by Gasteiger charge is 2.05. The van der Waals surface area contributed by atoms with E-state index in [-0.39, 0.29) is 0 Å². The number of ether oxygens (including phenoxy) is 1. The molecule has 0 amide bonds. The summed E-state index contributed by atoms with van der Waals surface area (Å²) < 4.78 is 5.71. The second-order valence-corrected chi connectivity index (χ2v) is 4.98. The van der Waals surface area contributed by atoms with E-state index < -0.39 is 0 Å². The predicted octanol–water partition coefficient (Wildman–Crippen LogP) is 4.32. The second kappa shape index (κ2) is 7.06. The summed E-state index contributed by atoms with van der Waals surface area (Å²) in [7, 11) is 0. The maximum absolute atomic E-state index is 6.04. The van der Waals surface area contributed by atoms with Crippen molar-refractivity contribution in [1.82, 2.24) is 0 Å². The minimum atomic E-state index is 0.634. The number of rotatable bonds is 6. The van der Waals surface area contributed by atoms with Crippen molar-refractivity contribution in [2.24, 2.45) is 0 Å². The van der Waals surface area contributed by atoms with Crippen LogP contribution >= 0.6 is 11.6 Å². The summed E-state index contributed by atoms with van der Waals surface area (Å²) in [5, 5.41) is 4.01. The first-order chi connectivity index (χ1) is 9.70. The average Bonchev–Trinajstić information content (AvgIpc) is 2.45. The number of para-hydroxylation sites is 1. The molecule has 0 aliphatic heterocycles. The zero-order valence-electron chi connectivity index (χ0n) is 11.5. The first-order valence-corrected chi connectivity index (χ1v) is 7.08. The van der Waals surface area contributed by atoms with E-state index in [1.54, 1.807) is 0 Å². The molecule has 0 radical (unpaired) electrons. The molecule has 0 fully saturated rings. The number of benzene rings is 2. The molecule has 3 nitrogen and oxygen atoms in total. The molecule has 0 bridgehead atoms. The maximum atomic E-state index is 6.04. The van der Waals surface area contributed by atoms with Gasteiger partial charge in [0, 0.05) is 17.3 Å². The Morgan fingerprint density at radius 3 is 2.75 bits per heavy atom. The second-order valence-electron chi connectivity index (χ2n) is 4.54. The van der Waals surface area contributed by atoms with Crippen molar-refractivity contribution in [1.29, 1.82) is 0 Å². The van der Waals surface area contributed by atoms with Crippen molar-refractivity contribution >= 4 is 23.0 Å². The number of anilines is 2. The van der Waals surface area contributed by atoms with Crippen LogP contribution in [-0.2, 0) is 6.54 Å². The van der Waals surface area contributed by atoms with E-state index in [0.29, 0.717) is 18.2 Å². The van der Waals surface area contributed by atoms with Crippen molar-refractivity contribution < 1.29 is 4.74 Å². The number of nitrogen functional groups attached to an aromatic ring is 1. The van der Waals surface area contributed by atoms with Crippen LogP contribution in [0.15, 0.2) is 42.5 Å². The number of hydrogen-bond acceptors (Lipinski definition) is 3. The summed E-state index contributed by atoms with van der Waals surface area (Å²) in [6.45, 7) is 3.40. The van der Waals surface area contributed by atoms with Crippen molar-refractivity contribution in [3.05, 3.63) is 53.1 Å². The molecule has 2 aromatic carbocycles. The zero-order chi connectivity index (χ0) is 14.4. The Morgan fingerprint density at radius 1 is 1.20 bits per heavy atom. The van der Waals surface area contributed by atoms with E-state index in [1.807, 2.05) is 42.5 Å². The first-order valence-electron chi connectivity index (χ1n) is 6.70. The molecule has 0 unspecified atom stereocenters. The normalized spacial score (nSPS) is 10.3. The summed E-state index contributed by atoms with van der Waals surface area (Å²) in [6, 6.07) is 13.4. The van der Waals surface area contributed by atoms with Crippen LogP contribution < -0.4 is 15.8 Å². The Hall–Kier alpha value is -1.87. The molecule has 0 aliphatic carbocycles. The van der Waals surface area contributed by atoms with Gasteiger partial charge in [-0.1, -0.05) is 36.7 Å². The highest BCUT2D eigenvalue weighted by molar-refractivity contribution is 6.30. The lowest BCUT2D eigenvalue weighted by atomic mass is 10.2. The third kappa shape index (κ3) is 3.81. The van der Waals surface area contributed by atoms with Gasteiger partial charge in [-0.15, -0.1) is 0 Å². The molecule has 20 heavy (non-hydrogen) atoms. The largest absolute Gasteiger partial charge is 0.491 e. The fraction of sp³-hybridized carbons (Fsp3) is 0.250. The molecule has 0 saturated carbocycles. The quantitative estimate of drug-likeness (QED) is 0.779. The molecular weight excluding hydrogens is 272 g/mol. The topological polar surface area (TPSA) is 47.3 Å². The van der Waals surface area contributed by atoms with Crippen molar-refractivity contribution in [3.8, 4) is 5.75 Å². The zero-order valence-corrected chi connectivity index (χ0v) is 12.3. The van der Waals surface area contributed by atoms with Gasteiger partial charge in [0.1, 0.15) is 5.75 Å². The van der Waals surface area contributed by atoms with Gasteiger partial charge in [0.25, 0.3) is 0 Å². The first kappa shape index (κ1) is 14.5.